The Bertz CT molecular complexity index is 1100. The van der Waals surface area contributed by atoms with Crippen LogP contribution in [0.25, 0.3) is 0 Å². The van der Waals surface area contributed by atoms with Crippen molar-refractivity contribution in [3.8, 4) is 0 Å². The second-order valence-corrected chi connectivity index (χ2v) is 9.07. The van der Waals surface area contributed by atoms with Gasteiger partial charge in [-0.2, -0.15) is 0 Å². The van der Waals surface area contributed by atoms with Gasteiger partial charge in [0, 0.05) is 17.7 Å². The predicted molar refractivity (Wildman–Crippen MR) is 111 cm³/mol. The highest BCUT2D eigenvalue weighted by molar-refractivity contribution is 6.35. The summed E-state index contributed by atoms with van der Waals surface area (Å²) < 4.78 is 6.24. The third kappa shape index (κ3) is 2.54. The van der Waals surface area contributed by atoms with Crippen LogP contribution in [0.5, 0.6) is 0 Å². The molecule has 2 aromatic rings. The minimum Gasteiger partial charge on any atom is -0.349 e. The number of aryl methyl sites for hydroxylation is 1. The first-order valence-corrected chi connectivity index (χ1v) is 10.6. The van der Waals surface area contributed by atoms with Crippen LogP contribution in [0.1, 0.15) is 51.8 Å². The quantitative estimate of drug-likeness (QED) is 0.566. The standard InChI is InChI=1S/C25H23NO5/c1-13(2)12-26-23(29)18-19(24(26)30)25(31-20(18)15-10-8-14(3)9-11-15)21(27)16-6-4-5-7-17(16)22(25)28/h4-11,13,18-20H,12H2,1-3H3/t18-,19-,20-/m1/s1. The van der Waals surface area contributed by atoms with Crippen LogP contribution in [0.3, 0.4) is 0 Å². The van der Waals surface area contributed by atoms with E-state index in [1.807, 2.05) is 45.0 Å². The van der Waals surface area contributed by atoms with Gasteiger partial charge < -0.3 is 4.74 Å². The Kier molecular flexibility index (Phi) is 4.28. The summed E-state index contributed by atoms with van der Waals surface area (Å²) in [5.41, 5.74) is 0.226. The number of hydrogen-bond donors (Lipinski definition) is 0. The number of amides is 2. The Morgan fingerprint density at radius 3 is 2.03 bits per heavy atom. The van der Waals surface area contributed by atoms with Gasteiger partial charge in [0.25, 0.3) is 0 Å². The van der Waals surface area contributed by atoms with E-state index < -0.39 is 41.0 Å². The van der Waals surface area contributed by atoms with Gasteiger partial charge in [-0.15, -0.1) is 0 Å². The van der Waals surface area contributed by atoms with Crippen molar-refractivity contribution < 1.29 is 23.9 Å². The number of hydrogen-bond acceptors (Lipinski definition) is 5. The van der Waals surface area contributed by atoms with Crippen LogP contribution in [-0.2, 0) is 14.3 Å². The maximum absolute atomic E-state index is 13.6. The lowest BCUT2D eigenvalue weighted by Gasteiger charge is -2.27. The zero-order valence-electron chi connectivity index (χ0n) is 17.6. The molecule has 3 aliphatic rings. The molecule has 5 rings (SSSR count). The molecule has 1 spiro atoms. The van der Waals surface area contributed by atoms with E-state index in [4.69, 9.17) is 4.74 Å². The van der Waals surface area contributed by atoms with E-state index in [-0.39, 0.29) is 29.5 Å². The summed E-state index contributed by atoms with van der Waals surface area (Å²) in [6.45, 7) is 6.02. The van der Waals surface area contributed by atoms with Crippen LogP contribution in [0.15, 0.2) is 48.5 Å². The highest BCUT2D eigenvalue weighted by atomic mass is 16.5. The third-order valence-electron chi connectivity index (χ3n) is 6.56. The lowest BCUT2D eigenvalue weighted by Crippen LogP contribution is -2.51. The fourth-order valence-electron chi connectivity index (χ4n) is 5.18. The average Bonchev–Trinajstić information content (AvgIpc) is 3.30. The van der Waals surface area contributed by atoms with Crippen molar-refractivity contribution >= 4 is 23.4 Å². The molecule has 0 N–H and O–H groups in total. The molecular weight excluding hydrogens is 394 g/mol. The number of benzene rings is 2. The molecule has 1 aliphatic carbocycles. The van der Waals surface area contributed by atoms with E-state index in [2.05, 4.69) is 0 Å². The number of carbonyl (C=O) groups excluding carboxylic acids is 4. The van der Waals surface area contributed by atoms with E-state index in [1.54, 1.807) is 24.3 Å². The lowest BCUT2D eigenvalue weighted by molar-refractivity contribution is -0.145. The zero-order chi connectivity index (χ0) is 22.1. The van der Waals surface area contributed by atoms with Crippen molar-refractivity contribution in [1.82, 2.24) is 4.90 Å². The lowest BCUT2D eigenvalue weighted by atomic mass is 9.77. The molecule has 31 heavy (non-hydrogen) atoms. The van der Waals surface area contributed by atoms with Crippen LogP contribution in [0.2, 0.25) is 0 Å². The number of ether oxygens (including phenoxy) is 1. The molecule has 2 aromatic carbocycles. The van der Waals surface area contributed by atoms with Crippen molar-refractivity contribution in [3.63, 3.8) is 0 Å². The first kappa shape index (κ1) is 19.8. The molecule has 0 unspecified atom stereocenters. The number of fused-ring (bicyclic) bond motifs is 3. The molecule has 0 aromatic heterocycles. The predicted octanol–water partition coefficient (Wildman–Crippen LogP) is 3.14. The summed E-state index contributed by atoms with van der Waals surface area (Å²) in [6, 6.07) is 14.0. The van der Waals surface area contributed by atoms with E-state index in [0.29, 0.717) is 5.56 Å². The third-order valence-corrected chi connectivity index (χ3v) is 6.56. The molecule has 158 valence electrons. The fraction of sp³-hybridized carbons (Fsp3) is 0.360. The molecular formula is C25H23NO5. The molecule has 6 heteroatoms. The molecule has 0 saturated carbocycles. The number of carbonyl (C=O) groups is 4. The smallest absolute Gasteiger partial charge is 0.237 e. The largest absolute Gasteiger partial charge is 0.349 e. The van der Waals surface area contributed by atoms with Crippen LogP contribution in [-0.4, -0.2) is 40.4 Å². The van der Waals surface area contributed by atoms with E-state index in [0.717, 1.165) is 5.56 Å². The van der Waals surface area contributed by atoms with E-state index in [1.165, 1.54) is 4.90 Å². The summed E-state index contributed by atoms with van der Waals surface area (Å²) in [4.78, 5) is 55.2. The number of rotatable bonds is 3. The topological polar surface area (TPSA) is 80.8 Å². The minimum atomic E-state index is -1.98. The van der Waals surface area contributed by atoms with Crippen LogP contribution in [0, 0.1) is 24.7 Å². The molecule has 2 heterocycles. The summed E-state index contributed by atoms with van der Waals surface area (Å²) in [5, 5.41) is 0. The fourth-order valence-corrected chi connectivity index (χ4v) is 5.18. The number of ketones is 2. The van der Waals surface area contributed by atoms with Crippen molar-refractivity contribution in [3.05, 3.63) is 70.8 Å². The Labute approximate surface area is 180 Å². The molecule has 2 aliphatic heterocycles. The van der Waals surface area contributed by atoms with Gasteiger partial charge in [-0.25, -0.2) is 0 Å². The Morgan fingerprint density at radius 2 is 1.48 bits per heavy atom. The Balaban J connectivity index is 1.68. The normalized spacial score (nSPS) is 26.3. The van der Waals surface area contributed by atoms with Gasteiger partial charge in [0.05, 0.1) is 17.9 Å². The van der Waals surface area contributed by atoms with Gasteiger partial charge in [-0.1, -0.05) is 67.9 Å². The summed E-state index contributed by atoms with van der Waals surface area (Å²) in [7, 11) is 0. The highest BCUT2D eigenvalue weighted by Gasteiger charge is 2.74. The molecule has 2 saturated heterocycles. The molecule has 0 bridgehead atoms. The van der Waals surface area contributed by atoms with Crippen molar-refractivity contribution in [2.75, 3.05) is 6.54 Å². The average molecular weight is 417 g/mol. The van der Waals surface area contributed by atoms with E-state index in [9.17, 15) is 19.2 Å². The SMILES string of the molecule is Cc1ccc([C@H]2OC3(C(=O)c4ccccc4C3=O)[C@H]3C(=O)N(CC(C)C)C(=O)[C@@H]23)cc1. The summed E-state index contributed by atoms with van der Waals surface area (Å²) >= 11 is 0. The monoisotopic (exact) mass is 417 g/mol. The Hall–Kier alpha value is -3.12. The van der Waals surface area contributed by atoms with Crippen LogP contribution >= 0.6 is 0 Å². The molecule has 3 atom stereocenters. The first-order chi connectivity index (χ1) is 14.8. The number of Topliss-reactive ketones (excluding diaryl/α,β-unsaturated/α-hetero) is 2. The Morgan fingerprint density at radius 1 is 0.903 bits per heavy atom. The maximum Gasteiger partial charge on any atom is 0.237 e. The van der Waals surface area contributed by atoms with Gasteiger partial charge in [0.1, 0.15) is 0 Å². The van der Waals surface area contributed by atoms with Gasteiger partial charge in [-0.05, 0) is 18.4 Å². The number of nitrogens with zero attached hydrogens (tertiary/aromatic N) is 1. The van der Waals surface area contributed by atoms with Gasteiger partial charge in [0.15, 0.2) is 0 Å². The van der Waals surface area contributed by atoms with Crippen LogP contribution in [0.4, 0.5) is 0 Å². The molecule has 0 radical (unpaired) electrons. The van der Waals surface area contributed by atoms with Gasteiger partial charge in [0.2, 0.25) is 29.0 Å². The molecule has 2 fully saturated rings. The second kappa shape index (κ2) is 6.69. The van der Waals surface area contributed by atoms with Crippen LogP contribution < -0.4 is 0 Å². The first-order valence-electron chi connectivity index (χ1n) is 10.6. The zero-order valence-corrected chi connectivity index (χ0v) is 17.6. The highest BCUT2D eigenvalue weighted by Crippen LogP contribution is 2.57. The summed E-state index contributed by atoms with van der Waals surface area (Å²) in [6.07, 6.45) is -0.846. The number of likely N-dealkylation sites (tertiary alicyclic amines) is 1. The maximum atomic E-state index is 13.6. The van der Waals surface area contributed by atoms with Crippen molar-refractivity contribution in [2.24, 2.45) is 17.8 Å². The van der Waals surface area contributed by atoms with Gasteiger partial charge >= 0.3 is 0 Å². The summed E-state index contributed by atoms with van der Waals surface area (Å²) in [5.74, 6) is -3.91. The van der Waals surface area contributed by atoms with E-state index >= 15 is 0 Å². The minimum absolute atomic E-state index is 0.0635. The number of imide groups is 1. The van der Waals surface area contributed by atoms with Crippen molar-refractivity contribution in [1.29, 1.82) is 0 Å². The van der Waals surface area contributed by atoms with Gasteiger partial charge in [-0.3, -0.25) is 24.1 Å². The van der Waals surface area contributed by atoms with Crippen molar-refractivity contribution in [2.45, 2.75) is 32.5 Å². The molecule has 6 nitrogen and oxygen atoms in total. The molecule has 2 amide bonds. The second-order valence-electron chi connectivity index (χ2n) is 9.07.